The van der Waals surface area contributed by atoms with E-state index in [1.54, 1.807) is 52.0 Å². The van der Waals surface area contributed by atoms with E-state index < -0.39 is 116 Å². The molecular formula is C41H48N2O16. The summed E-state index contributed by atoms with van der Waals surface area (Å²) in [6.07, 6.45) is 3.60. The molecule has 1 aliphatic heterocycles. The maximum atomic E-state index is 13.3. The summed E-state index contributed by atoms with van der Waals surface area (Å²) in [6, 6.07) is 6.80. The second kappa shape index (κ2) is 21.5. The van der Waals surface area contributed by atoms with Crippen LogP contribution in [-0.4, -0.2) is 94.3 Å². The van der Waals surface area contributed by atoms with E-state index in [4.69, 9.17) is 37.9 Å². The van der Waals surface area contributed by atoms with Crippen LogP contribution in [0, 0.1) is 10.8 Å². The average Bonchev–Trinajstić information content (AvgIpc) is 3.20. The highest BCUT2D eigenvalue weighted by Gasteiger charge is 2.46. The molecule has 0 spiro atoms. The van der Waals surface area contributed by atoms with Crippen LogP contribution in [-0.2, 0) is 77.7 Å². The molecule has 0 saturated heterocycles. The zero-order valence-corrected chi connectivity index (χ0v) is 33.3. The summed E-state index contributed by atoms with van der Waals surface area (Å²) >= 11 is 0. The highest BCUT2D eigenvalue weighted by atomic mass is 16.6. The average molecular weight is 825 g/mol. The van der Waals surface area contributed by atoms with E-state index >= 15 is 0 Å². The fourth-order valence-electron chi connectivity index (χ4n) is 4.90. The molecule has 1 aromatic carbocycles. The number of amides is 2. The number of cyclic esters (lactones) is 1. The number of esters is 6. The molecule has 59 heavy (non-hydrogen) atoms. The molecule has 2 N–H and O–H groups in total. The van der Waals surface area contributed by atoms with E-state index in [-0.39, 0.29) is 5.76 Å². The molecule has 0 atom stereocenters. The molecule has 0 aliphatic carbocycles. The highest BCUT2D eigenvalue weighted by molar-refractivity contribution is 5.89. The Kier molecular flexibility index (Phi) is 17.6. The number of carbonyl (C=O) groups is 8. The molecule has 0 saturated carbocycles. The van der Waals surface area contributed by atoms with Gasteiger partial charge >= 0.3 is 48.0 Å². The maximum absolute atomic E-state index is 13.3. The standard InChI is InChI=1S/C41H48N2O16/c1-10-30(44)52-20-40(21-53-31(45)11-2,22-54-32(46)12-3)23-57-36(50)42-38(6,7)27-16-15-17-28(18-27)39(8,9)43-37(51)58-26-41(24-55-33(47)13-4,25-56-34(48)14-5)29-19-35(49)59-29/h10-19H,1-5,20-26H2,6-9H3,(H,42,50)(H,43,51). The third kappa shape index (κ3) is 14.8. The predicted molar refractivity (Wildman–Crippen MR) is 206 cm³/mol. The van der Waals surface area contributed by atoms with Gasteiger partial charge in [-0.25, -0.2) is 38.4 Å². The Morgan fingerprint density at radius 2 is 0.864 bits per heavy atom. The zero-order chi connectivity index (χ0) is 44.4. The Labute approximate surface area is 340 Å². The molecule has 2 rings (SSSR count). The molecule has 18 nitrogen and oxygen atoms in total. The molecule has 2 amide bonds. The van der Waals surface area contributed by atoms with Gasteiger partial charge in [-0.15, -0.1) is 0 Å². The molecule has 0 unspecified atom stereocenters. The van der Waals surface area contributed by atoms with E-state index in [0.717, 1.165) is 36.5 Å². The van der Waals surface area contributed by atoms with Crippen molar-refractivity contribution >= 4 is 48.0 Å². The number of benzene rings is 1. The second-order valence-electron chi connectivity index (χ2n) is 14.0. The summed E-state index contributed by atoms with van der Waals surface area (Å²) in [5.41, 5.74) is -4.34. The number of rotatable bonds is 24. The van der Waals surface area contributed by atoms with Crippen LogP contribution in [0.4, 0.5) is 9.59 Å². The lowest BCUT2D eigenvalue weighted by Gasteiger charge is -2.36. The van der Waals surface area contributed by atoms with Gasteiger partial charge in [0.1, 0.15) is 62.8 Å². The molecule has 318 valence electrons. The number of hydrogen-bond acceptors (Lipinski definition) is 16. The van der Waals surface area contributed by atoms with Gasteiger partial charge in [0.05, 0.1) is 17.2 Å². The van der Waals surface area contributed by atoms with Crippen LogP contribution in [0.25, 0.3) is 0 Å². The number of alkyl carbamates (subject to hydrolysis) is 2. The summed E-state index contributed by atoms with van der Waals surface area (Å²) in [5.74, 6) is -5.00. The van der Waals surface area contributed by atoms with Gasteiger partial charge < -0.3 is 48.5 Å². The van der Waals surface area contributed by atoms with E-state index in [1.807, 2.05) is 0 Å². The third-order valence-electron chi connectivity index (χ3n) is 8.48. The topological polar surface area (TPSA) is 234 Å². The summed E-state index contributed by atoms with van der Waals surface area (Å²) in [4.78, 5) is 97.8. The van der Waals surface area contributed by atoms with Gasteiger partial charge in [0.25, 0.3) is 0 Å². The quantitative estimate of drug-likeness (QED) is 0.0860. The van der Waals surface area contributed by atoms with Gasteiger partial charge in [-0.1, -0.05) is 57.2 Å². The van der Waals surface area contributed by atoms with Gasteiger partial charge in [0.2, 0.25) is 0 Å². The van der Waals surface area contributed by atoms with Crippen LogP contribution in [0.15, 0.2) is 99.4 Å². The highest BCUT2D eigenvalue weighted by Crippen LogP contribution is 2.35. The molecule has 18 heteroatoms. The Hall–Kier alpha value is -6.98. The van der Waals surface area contributed by atoms with Crippen molar-refractivity contribution in [1.29, 1.82) is 0 Å². The predicted octanol–water partition coefficient (Wildman–Crippen LogP) is 3.67. The Balaban J connectivity index is 2.26. The molecule has 0 radical (unpaired) electrons. The van der Waals surface area contributed by atoms with Gasteiger partial charge in [-0.3, -0.25) is 0 Å². The third-order valence-corrected chi connectivity index (χ3v) is 8.48. The van der Waals surface area contributed by atoms with Crippen LogP contribution in [0.3, 0.4) is 0 Å². The van der Waals surface area contributed by atoms with Crippen molar-refractivity contribution in [2.45, 2.75) is 38.8 Å². The van der Waals surface area contributed by atoms with Crippen LogP contribution in [0.1, 0.15) is 38.8 Å². The monoisotopic (exact) mass is 824 g/mol. The van der Waals surface area contributed by atoms with Crippen molar-refractivity contribution in [3.8, 4) is 0 Å². The van der Waals surface area contributed by atoms with Crippen molar-refractivity contribution in [2.75, 3.05) is 46.2 Å². The van der Waals surface area contributed by atoms with Crippen LogP contribution in [0.2, 0.25) is 0 Å². The fraction of sp³-hybridized carbons (Fsp3) is 0.366. The van der Waals surface area contributed by atoms with Crippen molar-refractivity contribution in [3.05, 3.63) is 111 Å². The summed E-state index contributed by atoms with van der Waals surface area (Å²) in [6.45, 7) is 19.6. The summed E-state index contributed by atoms with van der Waals surface area (Å²) < 4.78 is 41.9. The number of nitrogens with one attached hydrogen (secondary N) is 2. The van der Waals surface area contributed by atoms with E-state index in [1.165, 1.54) is 0 Å². The maximum Gasteiger partial charge on any atom is 0.407 e. The first kappa shape index (κ1) is 48.2. The molecule has 0 bridgehead atoms. The number of hydrogen-bond donors (Lipinski definition) is 2. The Bertz CT molecular complexity index is 1790. The van der Waals surface area contributed by atoms with Gasteiger partial charge in [-0.05, 0) is 38.8 Å². The van der Waals surface area contributed by atoms with Crippen molar-refractivity contribution in [2.24, 2.45) is 10.8 Å². The fourth-order valence-corrected chi connectivity index (χ4v) is 4.90. The molecule has 1 aromatic rings. The first-order chi connectivity index (χ1) is 27.7. The normalized spacial score (nSPS) is 12.3. The van der Waals surface area contributed by atoms with Crippen LogP contribution >= 0.6 is 0 Å². The molecule has 0 aromatic heterocycles. The lowest BCUT2D eigenvalue weighted by atomic mass is 9.86. The Morgan fingerprint density at radius 3 is 1.20 bits per heavy atom. The lowest BCUT2D eigenvalue weighted by molar-refractivity contribution is -0.160. The lowest BCUT2D eigenvalue weighted by Crippen LogP contribution is -2.47. The number of ether oxygens (including phenoxy) is 8. The number of carbonyl (C=O) groups excluding carboxylic acids is 8. The van der Waals surface area contributed by atoms with Gasteiger partial charge in [0, 0.05) is 30.4 Å². The first-order valence-electron chi connectivity index (χ1n) is 17.6. The van der Waals surface area contributed by atoms with Gasteiger partial charge in [-0.2, -0.15) is 0 Å². The SMILES string of the molecule is C=CC(=O)OCC(COC(=O)C=C)(COC(=O)C=C)COC(=O)NC(C)(C)c1cccc(C(C)(C)NC(=O)OCC(COC(=O)C=C)(COC(=O)C=C)C2=CC(=O)O2)c1. The summed E-state index contributed by atoms with van der Waals surface area (Å²) in [5, 5.41) is 5.47. The molecular weight excluding hydrogens is 776 g/mol. The minimum atomic E-state index is -1.61. The van der Waals surface area contributed by atoms with Crippen LogP contribution < -0.4 is 10.6 Å². The Morgan fingerprint density at radius 1 is 0.559 bits per heavy atom. The first-order valence-corrected chi connectivity index (χ1v) is 17.6. The second-order valence-corrected chi connectivity index (χ2v) is 14.0. The summed E-state index contributed by atoms with van der Waals surface area (Å²) in [7, 11) is 0. The van der Waals surface area contributed by atoms with E-state index in [9.17, 15) is 38.4 Å². The largest absolute Gasteiger partial charge is 0.462 e. The molecule has 1 heterocycles. The molecule has 1 aliphatic rings. The van der Waals surface area contributed by atoms with Crippen LogP contribution in [0.5, 0.6) is 0 Å². The van der Waals surface area contributed by atoms with Crippen molar-refractivity contribution in [1.82, 2.24) is 10.6 Å². The van der Waals surface area contributed by atoms with Crippen molar-refractivity contribution in [3.63, 3.8) is 0 Å². The van der Waals surface area contributed by atoms with Gasteiger partial charge in [0.15, 0.2) is 0 Å². The zero-order valence-electron chi connectivity index (χ0n) is 33.3. The van der Waals surface area contributed by atoms with Crippen molar-refractivity contribution < 1.29 is 76.3 Å². The minimum Gasteiger partial charge on any atom is -0.462 e. The van der Waals surface area contributed by atoms with E-state index in [0.29, 0.717) is 11.1 Å². The minimum absolute atomic E-state index is 0.0571. The molecule has 0 fully saturated rings. The van der Waals surface area contributed by atoms with E-state index in [2.05, 4.69) is 43.5 Å². The smallest absolute Gasteiger partial charge is 0.407 e.